The second-order valence-corrected chi connectivity index (χ2v) is 6.03. The number of halogens is 2. The van der Waals surface area contributed by atoms with Gasteiger partial charge in [0.05, 0.1) is 11.0 Å². The Morgan fingerprint density at radius 2 is 1.88 bits per heavy atom. The summed E-state index contributed by atoms with van der Waals surface area (Å²) in [6, 6.07) is 10.0. The van der Waals surface area contributed by atoms with Crippen molar-refractivity contribution in [3.63, 3.8) is 0 Å². The highest BCUT2D eigenvalue weighted by Crippen LogP contribution is 2.28. The van der Waals surface area contributed by atoms with E-state index >= 15 is 0 Å². The zero-order chi connectivity index (χ0) is 16.7. The molecule has 3 aromatic rings. The Bertz CT molecular complexity index is 904. The summed E-state index contributed by atoms with van der Waals surface area (Å²) >= 11 is 0. The summed E-state index contributed by atoms with van der Waals surface area (Å²) in [4.78, 5) is 21.9. The maximum Gasteiger partial charge on any atom is 0.253 e. The van der Waals surface area contributed by atoms with E-state index in [1.807, 2.05) is 0 Å². The molecule has 0 aliphatic carbocycles. The van der Waals surface area contributed by atoms with Crippen LogP contribution in [-0.4, -0.2) is 33.9 Å². The van der Waals surface area contributed by atoms with Gasteiger partial charge in [0, 0.05) is 24.6 Å². The van der Waals surface area contributed by atoms with Crippen LogP contribution in [0.1, 0.15) is 28.5 Å². The number of fused-ring (bicyclic) bond motifs is 1. The molecule has 24 heavy (non-hydrogen) atoms. The Hall–Kier alpha value is -2.76. The SMILES string of the molecule is O=C(c1ccc(F)cc1)N1CC[C@H](c2nc3ccc(F)cc3[nH]2)C1. The molecule has 0 bridgehead atoms. The summed E-state index contributed by atoms with van der Waals surface area (Å²) in [5, 5.41) is 0. The van der Waals surface area contributed by atoms with Crippen molar-refractivity contribution >= 4 is 16.9 Å². The van der Waals surface area contributed by atoms with Crippen molar-refractivity contribution in [3.05, 3.63) is 65.5 Å². The molecule has 6 heteroatoms. The summed E-state index contributed by atoms with van der Waals surface area (Å²) in [5.41, 5.74) is 1.85. The maximum absolute atomic E-state index is 13.3. The quantitative estimate of drug-likeness (QED) is 0.783. The number of rotatable bonds is 2. The molecule has 1 aliphatic rings. The van der Waals surface area contributed by atoms with E-state index in [1.54, 1.807) is 11.0 Å². The standard InChI is InChI=1S/C18H15F2N3O/c19-13-3-1-11(2-4-13)18(24)23-8-7-12(10-23)17-21-15-6-5-14(20)9-16(15)22-17/h1-6,9,12H,7-8,10H2,(H,21,22)/t12-/m0/s1. The van der Waals surface area contributed by atoms with Gasteiger partial charge in [0.2, 0.25) is 0 Å². The van der Waals surface area contributed by atoms with Crippen molar-refractivity contribution in [1.82, 2.24) is 14.9 Å². The molecule has 1 fully saturated rings. The first-order valence-corrected chi connectivity index (χ1v) is 7.80. The lowest BCUT2D eigenvalue weighted by Gasteiger charge is -2.16. The fraction of sp³-hybridized carbons (Fsp3) is 0.222. The summed E-state index contributed by atoms with van der Waals surface area (Å²) < 4.78 is 26.3. The lowest BCUT2D eigenvalue weighted by atomic mass is 10.1. The lowest BCUT2D eigenvalue weighted by molar-refractivity contribution is 0.0790. The van der Waals surface area contributed by atoms with Gasteiger partial charge in [0.25, 0.3) is 5.91 Å². The maximum atomic E-state index is 13.3. The van der Waals surface area contributed by atoms with E-state index < -0.39 is 0 Å². The van der Waals surface area contributed by atoms with Gasteiger partial charge in [-0.15, -0.1) is 0 Å². The molecule has 4 rings (SSSR count). The molecule has 1 amide bonds. The van der Waals surface area contributed by atoms with Gasteiger partial charge in [0.1, 0.15) is 17.5 Å². The molecule has 1 aromatic heterocycles. The van der Waals surface area contributed by atoms with Gasteiger partial charge in [-0.2, -0.15) is 0 Å². The normalized spacial score (nSPS) is 17.6. The largest absolute Gasteiger partial charge is 0.342 e. The third-order valence-electron chi connectivity index (χ3n) is 4.42. The van der Waals surface area contributed by atoms with Gasteiger partial charge in [0.15, 0.2) is 0 Å². The number of hydrogen-bond acceptors (Lipinski definition) is 2. The summed E-state index contributed by atoms with van der Waals surface area (Å²) in [7, 11) is 0. The number of H-pyrrole nitrogens is 1. The van der Waals surface area contributed by atoms with Gasteiger partial charge < -0.3 is 9.88 Å². The Balaban J connectivity index is 1.52. The first-order valence-electron chi connectivity index (χ1n) is 7.80. The van der Waals surface area contributed by atoms with Crippen LogP contribution < -0.4 is 0 Å². The predicted molar refractivity (Wildman–Crippen MR) is 85.7 cm³/mol. The molecule has 4 nitrogen and oxygen atoms in total. The number of amides is 1. The van der Waals surface area contributed by atoms with E-state index in [9.17, 15) is 13.6 Å². The van der Waals surface area contributed by atoms with Crippen LogP contribution in [0.15, 0.2) is 42.5 Å². The van der Waals surface area contributed by atoms with Crippen molar-refractivity contribution < 1.29 is 13.6 Å². The number of aromatic amines is 1. The number of likely N-dealkylation sites (tertiary alicyclic amines) is 1. The van der Waals surface area contributed by atoms with E-state index in [0.717, 1.165) is 17.8 Å². The Labute approximate surface area is 137 Å². The van der Waals surface area contributed by atoms with E-state index in [1.165, 1.54) is 36.4 Å². The molecule has 1 atom stereocenters. The summed E-state index contributed by atoms with van der Waals surface area (Å²) in [6.45, 7) is 1.16. The number of carbonyl (C=O) groups is 1. The number of benzene rings is 2. The van der Waals surface area contributed by atoms with Gasteiger partial charge >= 0.3 is 0 Å². The van der Waals surface area contributed by atoms with Crippen LogP contribution >= 0.6 is 0 Å². The molecule has 0 saturated carbocycles. The summed E-state index contributed by atoms with van der Waals surface area (Å²) in [6.07, 6.45) is 0.787. The van der Waals surface area contributed by atoms with Crippen LogP contribution in [0.2, 0.25) is 0 Å². The molecular weight excluding hydrogens is 312 g/mol. The zero-order valence-electron chi connectivity index (χ0n) is 12.8. The number of hydrogen-bond donors (Lipinski definition) is 1. The molecule has 0 unspecified atom stereocenters. The second kappa shape index (κ2) is 5.70. The van der Waals surface area contributed by atoms with E-state index in [2.05, 4.69) is 9.97 Å². The molecule has 0 spiro atoms. The van der Waals surface area contributed by atoms with Gasteiger partial charge in [-0.05, 0) is 48.9 Å². The van der Waals surface area contributed by atoms with Gasteiger partial charge in [-0.25, -0.2) is 13.8 Å². The van der Waals surface area contributed by atoms with E-state index in [4.69, 9.17) is 0 Å². The first-order chi connectivity index (χ1) is 11.6. The number of imidazole rings is 1. The zero-order valence-corrected chi connectivity index (χ0v) is 12.8. The monoisotopic (exact) mass is 327 g/mol. The Kier molecular flexibility index (Phi) is 3.52. The fourth-order valence-electron chi connectivity index (χ4n) is 3.14. The number of carbonyl (C=O) groups excluding carboxylic acids is 1. The average molecular weight is 327 g/mol. The minimum Gasteiger partial charge on any atom is -0.342 e. The van der Waals surface area contributed by atoms with Crippen LogP contribution in [-0.2, 0) is 0 Å². The lowest BCUT2D eigenvalue weighted by Crippen LogP contribution is -2.28. The smallest absolute Gasteiger partial charge is 0.253 e. The van der Waals surface area contributed by atoms with Crippen LogP contribution in [0.3, 0.4) is 0 Å². The van der Waals surface area contributed by atoms with Crippen LogP contribution in [0.25, 0.3) is 11.0 Å². The highest BCUT2D eigenvalue weighted by molar-refractivity contribution is 5.94. The topological polar surface area (TPSA) is 49.0 Å². The second-order valence-electron chi connectivity index (χ2n) is 6.03. The van der Waals surface area contributed by atoms with Crippen molar-refractivity contribution in [3.8, 4) is 0 Å². The minimum absolute atomic E-state index is 0.0878. The number of aromatic nitrogens is 2. The highest BCUT2D eigenvalue weighted by Gasteiger charge is 2.29. The van der Waals surface area contributed by atoms with Crippen LogP contribution in [0.5, 0.6) is 0 Å². The van der Waals surface area contributed by atoms with Gasteiger partial charge in [-0.1, -0.05) is 0 Å². The van der Waals surface area contributed by atoms with Gasteiger partial charge in [-0.3, -0.25) is 4.79 Å². The summed E-state index contributed by atoms with van der Waals surface area (Å²) in [5.74, 6) is 0.0760. The Morgan fingerprint density at radius 1 is 1.12 bits per heavy atom. The third-order valence-corrected chi connectivity index (χ3v) is 4.42. The number of nitrogens with zero attached hydrogens (tertiary/aromatic N) is 2. The molecule has 1 N–H and O–H groups in total. The van der Waals surface area contributed by atoms with Crippen molar-refractivity contribution in [1.29, 1.82) is 0 Å². The molecule has 2 aromatic carbocycles. The Morgan fingerprint density at radius 3 is 2.67 bits per heavy atom. The fourth-order valence-corrected chi connectivity index (χ4v) is 3.14. The van der Waals surface area contributed by atoms with Crippen molar-refractivity contribution in [2.75, 3.05) is 13.1 Å². The van der Waals surface area contributed by atoms with Crippen LogP contribution in [0, 0.1) is 11.6 Å². The average Bonchev–Trinajstić information content (AvgIpc) is 3.21. The van der Waals surface area contributed by atoms with Crippen LogP contribution in [0.4, 0.5) is 8.78 Å². The molecule has 2 heterocycles. The minimum atomic E-state index is -0.361. The van der Waals surface area contributed by atoms with Crippen molar-refractivity contribution in [2.45, 2.75) is 12.3 Å². The molecule has 0 radical (unpaired) electrons. The number of nitrogens with one attached hydrogen (secondary N) is 1. The third kappa shape index (κ3) is 2.64. The van der Waals surface area contributed by atoms with E-state index in [0.29, 0.717) is 24.2 Å². The molecule has 1 aliphatic heterocycles. The predicted octanol–water partition coefficient (Wildman–Crippen LogP) is 3.47. The molecule has 122 valence electrons. The highest BCUT2D eigenvalue weighted by atomic mass is 19.1. The first kappa shape index (κ1) is 14.8. The molecular formula is C18H15F2N3O. The van der Waals surface area contributed by atoms with Crippen molar-refractivity contribution in [2.24, 2.45) is 0 Å². The molecule has 1 saturated heterocycles. The van der Waals surface area contributed by atoms with E-state index in [-0.39, 0.29) is 23.5 Å².